The minimum absolute atomic E-state index is 0. The molecule has 3 aliphatic rings. The van der Waals surface area contributed by atoms with E-state index in [1.165, 1.54) is 6.42 Å². The molecular weight excluding hydrogens is 506 g/mol. The summed E-state index contributed by atoms with van der Waals surface area (Å²) in [4.78, 5) is 14.1. The van der Waals surface area contributed by atoms with Crippen molar-refractivity contribution in [3.8, 4) is 0 Å². The van der Waals surface area contributed by atoms with E-state index in [4.69, 9.17) is 0 Å². The Balaban J connectivity index is 0.00000272. The molecule has 1 N–H and O–H groups in total. The second kappa shape index (κ2) is 12.0. The summed E-state index contributed by atoms with van der Waals surface area (Å²) >= 11 is 0. The van der Waals surface area contributed by atoms with Crippen molar-refractivity contribution in [2.75, 3.05) is 77.4 Å². The van der Waals surface area contributed by atoms with Crippen LogP contribution in [0.3, 0.4) is 0 Å². The Labute approximate surface area is 203 Å². The third-order valence-corrected chi connectivity index (χ3v) is 6.54. The van der Waals surface area contributed by atoms with Crippen LogP contribution in [0.15, 0.2) is 41.4 Å². The molecule has 2 saturated heterocycles. The second-order valence-electron chi connectivity index (χ2n) is 8.42. The molecule has 31 heavy (non-hydrogen) atoms. The van der Waals surface area contributed by atoms with Gasteiger partial charge < -0.3 is 15.1 Å². The lowest BCUT2D eigenvalue weighted by atomic mass is 10.2. The normalized spacial score (nSPS) is 22.8. The van der Waals surface area contributed by atoms with Gasteiger partial charge in [-0.1, -0.05) is 24.3 Å². The van der Waals surface area contributed by atoms with Gasteiger partial charge in [0.1, 0.15) is 5.82 Å². The molecule has 2 fully saturated rings. The van der Waals surface area contributed by atoms with Crippen LogP contribution in [0, 0.1) is 5.82 Å². The summed E-state index contributed by atoms with van der Waals surface area (Å²) in [6.07, 6.45) is 6.85. The fraction of sp³-hybridized carbons (Fsp3) is 0.609. The first kappa shape index (κ1) is 24.3. The zero-order valence-corrected chi connectivity index (χ0v) is 20.9. The topological polar surface area (TPSA) is 37.4 Å². The number of nitrogens with one attached hydrogen (secondary N) is 1. The van der Waals surface area contributed by atoms with Crippen LogP contribution < -0.4 is 10.2 Å². The number of hydrogen-bond acceptors (Lipinski definition) is 4. The number of hydrogen-bond donors (Lipinski definition) is 1. The molecule has 0 radical (unpaired) electrons. The van der Waals surface area contributed by atoms with E-state index in [0.29, 0.717) is 6.04 Å². The minimum atomic E-state index is -0.119. The van der Waals surface area contributed by atoms with Gasteiger partial charge in [0.2, 0.25) is 0 Å². The number of anilines is 1. The van der Waals surface area contributed by atoms with Crippen molar-refractivity contribution in [1.82, 2.24) is 20.0 Å². The van der Waals surface area contributed by atoms with Crippen molar-refractivity contribution in [3.05, 3.63) is 42.2 Å². The third kappa shape index (κ3) is 6.32. The number of likely N-dealkylation sites (tertiary alicyclic amines) is 1. The lowest BCUT2D eigenvalue weighted by molar-refractivity contribution is 0.253. The van der Waals surface area contributed by atoms with E-state index < -0.39 is 0 Å². The zero-order valence-electron chi connectivity index (χ0n) is 18.5. The largest absolute Gasteiger partial charge is 0.367 e. The van der Waals surface area contributed by atoms with Gasteiger partial charge in [0, 0.05) is 72.0 Å². The maximum atomic E-state index is 14.0. The predicted molar refractivity (Wildman–Crippen MR) is 137 cm³/mol. The van der Waals surface area contributed by atoms with E-state index in [9.17, 15) is 4.39 Å². The first-order valence-electron chi connectivity index (χ1n) is 11.3. The van der Waals surface area contributed by atoms with Gasteiger partial charge in [0.05, 0.1) is 5.69 Å². The number of rotatable bonds is 6. The summed E-state index contributed by atoms with van der Waals surface area (Å²) in [5, 5.41) is 3.56. The third-order valence-electron chi connectivity index (χ3n) is 6.54. The molecular formula is C23H36FIN6. The van der Waals surface area contributed by atoms with E-state index >= 15 is 0 Å². The monoisotopic (exact) mass is 542 g/mol. The number of halogens is 2. The van der Waals surface area contributed by atoms with Crippen LogP contribution in [0.5, 0.6) is 0 Å². The number of para-hydroxylation sites is 1. The van der Waals surface area contributed by atoms with Crippen molar-refractivity contribution in [1.29, 1.82) is 0 Å². The molecule has 0 aliphatic carbocycles. The van der Waals surface area contributed by atoms with Crippen LogP contribution in [0.1, 0.15) is 12.8 Å². The van der Waals surface area contributed by atoms with E-state index in [0.717, 1.165) is 83.5 Å². The number of benzene rings is 1. The smallest absolute Gasteiger partial charge is 0.193 e. The summed E-state index contributed by atoms with van der Waals surface area (Å²) in [5.41, 5.74) is 0.733. The van der Waals surface area contributed by atoms with Gasteiger partial charge in [0.25, 0.3) is 0 Å². The van der Waals surface area contributed by atoms with Crippen LogP contribution in [-0.2, 0) is 0 Å². The number of guanidine groups is 1. The number of piperazine rings is 1. The van der Waals surface area contributed by atoms with Gasteiger partial charge in [-0.25, -0.2) is 4.39 Å². The molecule has 1 unspecified atom stereocenters. The molecule has 0 spiro atoms. The standard InChI is InChI=1S/C23H35FN6.HI/c1-25-23(30-14-9-20(19-30)28-12-4-5-13-28)26-10-6-11-27-15-17-29(18-16-27)22-8-3-2-7-21(22)24;/h2-5,7-8,20H,6,9-19H2,1H3,(H,25,26);1H. The molecule has 0 saturated carbocycles. The van der Waals surface area contributed by atoms with Gasteiger partial charge in [-0.2, -0.15) is 0 Å². The number of aliphatic imine (C=N–C) groups is 1. The maximum absolute atomic E-state index is 14.0. The summed E-state index contributed by atoms with van der Waals surface area (Å²) < 4.78 is 14.0. The minimum Gasteiger partial charge on any atom is -0.367 e. The molecule has 3 heterocycles. The summed E-state index contributed by atoms with van der Waals surface area (Å²) in [6.45, 7) is 10.1. The van der Waals surface area contributed by atoms with Crippen LogP contribution in [0.25, 0.3) is 0 Å². The molecule has 8 heteroatoms. The van der Waals surface area contributed by atoms with Crippen molar-refractivity contribution in [3.63, 3.8) is 0 Å². The highest BCUT2D eigenvalue weighted by molar-refractivity contribution is 14.0. The van der Waals surface area contributed by atoms with E-state index in [1.807, 2.05) is 19.2 Å². The van der Waals surface area contributed by atoms with Crippen molar-refractivity contribution >= 4 is 35.6 Å². The molecule has 1 aromatic carbocycles. The molecule has 3 aliphatic heterocycles. The Morgan fingerprint density at radius 3 is 2.55 bits per heavy atom. The van der Waals surface area contributed by atoms with Crippen LogP contribution in [-0.4, -0.2) is 99.2 Å². The zero-order chi connectivity index (χ0) is 20.8. The van der Waals surface area contributed by atoms with E-state index in [1.54, 1.807) is 12.1 Å². The molecule has 1 atom stereocenters. The van der Waals surface area contributed by atoms with Crippen LogP contribution in [0.4, 0.5) is 10.1 Å². The highest BCUT2D eigenvalue weighted by Crippen LogP contribution is 2.20. The first-order chi connectivity index (χ1) is 14.7. The van der Waals surface area contributed by atoms with Crippen molar-refractivity contribution in [2.45, 2.75) is 18.9 Å². The quantitative estimate of drug-likeness (QED) is 0.197. The molecule has 0 bridgehead atoms. The van der Waals surface area contributed by atoms with Gasteiger partial charge >= 0.3 is 0 Å². The summed E-state index contributed by atoms with van der Waals surface area (Å²) in [6, 6.07) is 7.73. The molecule has 0 amide bonds. The Hall–Kier alpha value is -1.39. The lowest BCUT2D eigenvalue weighted by Crippen LogP contribution is -2.47. The van der Waals surface area contributed by atoms with Crippen molar-refractivity contribution < 1.29 is 4.39 Å². The molecule has 0 aromatic heterocycles. The van der Waals surface area contributed by atoms with Gasteiger partial charge in [0.15, 0.2) is 5.96 Å². The fourth-order valence-corrected chi connectivity index (χ4v) is 4.78. The fourth-order valence-electron chi connectivity index (χ4n) is 4.78. The Morgan fingerprint density at radius 2 is 1.84 bits per heavy atom. The SMILES string of the molecule is CN=C(NCCCN1CCN(c2ccccc2F)CC1)N1CCC(N2CC=CC2)C1.I. The maximum Gasteiger partial charge on any atom is 0.193 e. The molecule has 6 nitrogen and oxygen atoms in total. The average Bonchev–Trinajstić information content (AvgIpc) is 3.47. The van der Waals surface area contributed by atoms with E-state index in [2.05, 4.69) is 42.1 Å². The lowest BCUT2D eigenvalue weighted by Gasteiger charge is -2.36. The van der Waals surface area contributed by atoms with Gasteiger partial charge in [-0.05, 0) is 31.5 Å². The second-order valence-corrected chi connectivity index (χ2v) is 8.42. The summed E-state index contributed by atoms with van der Waals surface area (Å²) in [5.74, 6) is 0.917. The highest BCUT2D eigenvalue weighted by Gasteiger charge is 2.29. The van der Waals surface area contributed by atoms with Gasteiger partial charge in [-0.3, -0.25) is 14.8 Å². The van der Waals surface area contributed by atoms with Crippen LogP contribution >= 0.6 is 24.0 Å². The van der Waals surface area contributed by atoms with E-state index in [-0.39, 0.29) is 29.8 Å². The van der Waals surface area contributed by atoms with Crippen molar-refractivity contribution in [2.24, 2.45) is 4.99 Å². The predicted octanol–water partition coefficient (Wildman–Crippen LogP) is 2.48. The molecule has 1 aromatic rings. The Kier molecular flexibility index (Phi) is 9.40. The van der Waals surface area contributed by atoms with Gasteiger partial charge in [-0.15, -0.1) is 24.0 Å². The average molecular weight is 542 g/mol. The Bertz CT molecular complexity index is 741. The Morgan fingerprint density at radius 1 is 1.10 bits per heavy atom. The first-order valence-corrected chi connectivity index (χ1v) is 11.3. The number of nitrogens with zero attached hydrogens (tertiary/aromatic N) is 5. The van der Waals surface area contributed by atoms with Crippen LogP contribution in [0.2, 0.25) is 0 Å². The molecule has 172 valence electrons. The molecule has 4 rings (SSSR count). The summed E-state index contributed by atoms with van der Waals surface area (Å²) in [7, 11) is 1.88. The highest BCUT2D eigenvalue weighted by atomic mass is 127.